The van der Waals surface area contributed by atoms with Gasteiger partial charge in [-0.25, -0.2) is 23.3 Å². The van der Waals surface area contributed by atoms with Gasteiger partial charge in [-0.2, -0.15) is 5.10 Å². The number of hydrogen-bond acceptors (Lipinski definition) is 5. The normalized spacial score (nSPS) is 18.2. The third-order valence-electron chi connectivity index (χ3n) is 6.38. The van der Waals surface area contributed by atoms with E-state index < -0.39 is 12.0 Å². The van der Waals surface area contributed by atoms with E-state index in [1.807, 2.05) is 18.3 Å². The summed E-state index contributed by atoms with van der Waals surface area (Å²) in [4.78, 5) is 22.0. The Kier molecular flexibility index (Phi) is 5.34. The summed E-state index contributed by atoms with van der Waals surface area (Å²) in [6, 6.07) is 3.64. The number of anilines is 1. The second-order valence-electron chi connectivity index (χ2n) is 8.90. The summed E-state index contributed by atoms with van der Waals surface area (Å²) in [5, 5.41) is 10.3. The zero-order valence-electron chi connectivity index (χ0n) is 18.6. The van der Waals surface area contributed by atoms with Gasteiger partial charge in [-0.3, -0.25) is 4.79 Å². The number of hydrogen-bond donors (Lipinski definition) is 2. The van der Waals surface area contributed by atoms with E-state index in [9.17, 15) is 13.6 Å². The van der Waals surface area contributed by atoms with E-state index in [2.05, 4.69) is 40.6 Å². The lowest BCUT2D eigenvalue weighted by molar-refractivity contribution is -0.0901. The van der Waals surface area contributed by atoms with Crippen LogP contribution in [0, 0.1) is 0 Å². The Hall–Kier alpha value is -3.36. The van der Waals surface area contributed by atoms with Gasteiger partial charge in [0.15, 0.2) is 0 Å². The number of allylic oxidation sites excluding steroid dienone is 1. The zero-order chi connectivity index (χ0) is 23.2. The second kappa shape index (κ2) is 8.20. The average molecular weight is 453 g/mol. The summed E-state index contributed by atoms with van der Waals surface area (Å²) >= 11 is 0. The van der Waals surface area contributed by atoms with Crippen molar-refractivity contribution in [3.05, 3.63) is 59.2 Å². The Balaban J connectivity index is 1.42. The highest BCUT2D eigenvalue weighted by Crippen LogP contribution is 2.37. The number of carbonyl (C=O) groups is 1. The number of halogens is 2. The molecular weight excluding hydrogens is 426 g/mol. The lowest BCUT2D eigenvalue weighted by Crippen LogP contribution is -2.50. The van der Waals surface area contributed by atoms with Crippen LogP contribution in [0.25, 0.3) is 11.1 Å². The first-order valence-corrected chi connectivity index (χ1v) is 11.3. The molecule has 1 atom stereocenters. The summed E-state index contributed by atoms with van der Waals surface area (Å²) in [7, 11) is 0. The fraction of sp³-hybridized carbons (Fsp3) is 0.417. The number of carbonyl (C=O) groups excluding carboxylic acids is 1. The van der Waals surface area contributed by atoms with Crippen LogP contribution in [-0.4, -0.2) is 43.5 Å². The molecule has 0 saturated heterocycles. The third-order valence-corrected chi connectivity index (χ3v) is 6.38. The molecule has 0 radical (unpaired) electrons. The molecule has 0 spiro atoms. The summed E-state index contributed by atoms with van der Waals surface area (Å²) in [5.41, 5.74) is 4.90. The molecule has 1 saturated carbocycles. The molecule has 1 fully saturated rings. The van der Waals surface area contributed by atoms with Gasteiger partial charge >= 0.3 is 0 Å². The second-order valence-corrected chi connectivity index (χ2v) is 8.90. The minimum atomic E-state index is -2.68. The van der Waals surface area contributed by atoms with Crippen LogP contribution < -0.4 is 10.6 Å². The van der Waals surface area contributed by atoms with Crippen LogP contribution in [0.4, 0.5) is 14.7 Å². The summed E-state index contributed by atoms with van der Waals surface area (Å²) in [6.45, 7) is 4.21. The third kappa shape index (κ3) is 4.19. The average Bonchev–Trinajstić information content (AvgIpc) is 3.20. The Morgan fingerprint density at radius 2 is 2.15 bits per heavy atom. The van der Waals surface area contributed by atoms with Crippen molar-refractivity contribution in [3.63, 3.8) is 0 Å². The van der Waals surface area contributed by atoms with E-state index in [1.54, 1.807) is 10.7 Å². The Labute approximate surface area is 190 Å². The van der Waals surface area contributed by atoms with Crippen molar-refractivity contribution in [2.75, 3.05) is 5.32 Å². The van der Waals surface area contributed by atoms with Crippen molar-refractivity contribution < 1.29 is 13.6 Å². The monoisotopic (exact) mass is 452 g/mol. The van der Waals surface area contributed by atoms with E-state index in [1.165, 1.54) is 6.20 Å². The molecule has 0 aliphatic heterocycles. The van der Waals surface area contributed by atoms with Gasteiger partial charge in [0, 0.05) is 42.9 Å². The van der Waals surface area contributed by atoms with Crippen LogP contribution >= 0.6 is 0 Å². The molecule has 9 heteroatoms. The number of aromatic nitrogens is 4. The molecule has 0 aromatic carbocycles. The molecule has 0 unspecified atom stereocenters. The molecule has 2 aliphatic carbocycles. The largest absolute Gasteiger partial charge is 0.352 e. The first kappa shape index (κ1) is 21.5. The minimum absolute atomic E-state index is 0.293. The Morgan fingerprint density at radius 1 is 1.33 bits per heavy atom. The molecule has 2 N–H and O–H groups in total. The van der Waals surface area contributed by atoms with Gasteiger partial charge in [0.05, 0.1) is 23.0 Å². The lowest BCUT2D eigenvalue weighted by atomic mass is 9.88. The van der Waals surface area contributed by atoms with Gasteiger partial charge in [0.25, 0.3) is 11.8 Å². The molecule has 2 aliphatic rings. The molecule has 3 aromatic rings. The molecule has 0 bridgehead atoms. The molecule has 1 amide bonds. The van der Waals surface area contributed by atoms with Gasteiger partial charge in [0.1, 0.15) is 0 Å². The highest BCUT2D eigenvalue weighted by atomic mass is 19.3. The molecule has 33 heavy (non-hydrogen) atoms. The first-order chi connectivity index (χ1) is 15.8. The number of fused-ring (bicyclic) bond motifs is 2. The van der Waals surface area contributed by atoms with Crippen LogP contribution in [0.1, 0.15) is 66.7 Å². The van der Waals surface area contributed by atoms with Gasteiger partial charge in [-0.05, 0) is 49.5 Å². The maximum Gasteiger partial charge on any atom is 0.255 e. The lowest BCUT2D eigenvalue weighted by Gasteiger charge is -2.35. The van der Waals surface area contributed by atoms with Crippen molar-refractivity contribution in [2.45, 2.75) is 64.0 Å². The SMILES string of the molecule is CC[C@H](C)Nc1ncc2c(n1)CCC=C2c1ccn2ncc(C(=O)NC3CC(F)(F)C3)c2c1. The van der Waals surface area contributed by atoms with Crippen molar-refractivity contribution in [1.29, 1.82) is 0 Å². The van der Waals surface area contributed by atoms with Crippen LogP contribution in [0.5, 0.6) is 0 Å². The fourth-order valence-electron chi connectivity index (χ4n) is 4.31. The number of nitrogens with zero attached hydrogens (tertiary/aromatic N) is 4. The van der Waals surface area contributed by atoms with E-state index in [4.69, 9.17) is 4.98 Å². The zero-order valence-corrected chi connectivity index (χ0v) is 18.6. The number of pyridine rings is 1. The van der Waals surface area contributed by atoms with Gasteiger partial charge in [-0.15, -0.1) is 0 Å². The maximum absolute atomic E-state index is 13.1. The first-order valence-electron chi connectivity index (χ1n) is 11.3. The highest BCUT2D eigenvalue weighted by molar-refractivity contribution is 6.01. The van der Waals surface area contributed by atoms with Crippen molar-refractivity contribution >= 4 is 22.9 Å². The van der Waals surface area contributed by atoms with E-state index in [-0.39, 0.29) is 18.7 Å². The van der Waals surface area contributed by atoms with Crippen molar-refractivity contribution in [1.82, 2.24) is 24.9 Å². The van der Waals surface area contributed by atoms with E-state index >= 15 is 0 Å². The Morgan fingerprint density at radius 3 is 2.91 bits per heavy atom. The molecule has 3 aromatic heterocycles. The Bertz CT molecular complexity index is 1240. The molecule has 3 heterocycles. The number of nitrogens with one attached hydrogen (secondary N) is 2. The van der Waals surface area contributed by atoms with Crippen molar-refractivity contribution in [2.24, 2.45) is 0 Å². The fourth-order valence-corrected chi connectivity index (χ4v) is 4.31. The van der Waals surface area contributed by atoms with Gasteiger partial charge in [0.2, 0.25) is 5.95 Å². The summed E-state index contributed by atoms with van der Waals surface area (Å²) in [5.74, 6) is -2.43. The molecular formula is C24H26F2N6O. The number of rotatable bonds is 6. The smallest absolute Gasteiger partial charge is 0.255 e. The number of aryl methyl sites for hydroxylation is 1. The number of alkyl halides is 2. The summed E-state index contributed by atoms with van der Waals surface area (Å²) in [6.07, 6.45) is 9.32. The van der Waals surface area contributed by atoms with Crippen molar-refractivity contribution in [3.8, 4) is 0 Å². The van der Waals surface area contributed by atoms with Gasteiger partial charge < -0.3 is 10.6 Å². The predicted octanol–water partition coefficient (Wildman–Crippen LogP) is 4.24. The van der Waals surface area contributed by atoms with Crippen LogP contribution in [0.15, 0.2) is 36.8 Å². The number of amides is 1. The van der Waals surface area contributed by atoms with Gasteiger partial charge in [-0.1, -0.05) is 13.0 Å². The minimum Gasteiger partial charge on any atom is -0.352 e. The topological polar surface area (TPSA) is 84.2 Å². The van der Waals surface area contributed by atoms with Crippen LogP contribution in [-0.2, 0) is 6.42 Å². The summed E-state index contributed by atoms with van der Waals surface area (Å²) < 4.78 is 27.9. The molecule has 172 valence electrons. The molecule has 7 nitrogen and oxygen atoms in total. The molecule has 5 rings (SSSR count). The quantitative estimate of drug-likeness (QED) is 0.585. The highest BCUT2D eigenvalue weighted by Gasteiger charge is 2.46. The van der Waals surface area contributed by atoms with Crippen LogP contribution in [0.3, 0.4) is 0 Å². The standard InChI is InChI=1S/C24H26F2N6O/c1-3-14(2)29-23-27-12-18-17(5-4-6-20(18)31-23)15-7-8-32-21(9-15)19(13-28-32)22(33)30-16-10-24(25,26)11-16/h5,7-9,12-14,16H,3-4,6,10-11H2,1-2H3,(H,30,33)(H,27,29,31)/t14-/m0/s1. The predicted molar refractivity (Wildman–Crippen MR) is 121 cm³/mol. The van der Waals surface area contributed by atoms with Crippen LogP contribution in [0.2, 0.25) is 0 Å². The van der Waals surface area contributed by atoms with E-state index in [0.29, 0.717) is 23.1 Å². The maximum atomic E-state index is 13.1. The van der Waals surface area contributed by atoms with E-state index in [0.717, 1.165) is 41.7 Å².